The second-order valence-electron chi connectivity index (χ2n) is 8.01. The van der Waals surface area contributed by atoms with Crippen LogP contribution in [0.2, 0.25) is 0 Å². The first kappa shape index (κ1) is 18.6. The maximum atomic E-state index is 13.8. The maximum absolute atomic E-state index is 13.8. The number of fused-ring (bicyclic) bond motifs is 4. The molecule has 0 saturated heterocycles. The van der Waals surface area contributed by atoms with Gasteiger partial charge in [-0.15, -0.1) is 0 Å². The van der Waals surface area contributed by atoms with Crippen molar-refractivity contribution in [3.05, 3.63) is 72.1 Å². The van der Waals surface area contributed by atoms with Gasteiger partial charge >= 0.3 is 6.03 Å². The summed E-state index contributed by atoms with van der Waals surface area (Å²) >= 11 is 0. The second kappa shape index (κ2) is 6.94. The normalized spacial score (nSPS) is 13.6. The van der Waals surface area contributed by atoms with Crippen LogP contribution in [-0.4, -0.2) is 41.6 Å². The molecule has 4 aromatic heterocycles. The summed E-state index contributed by atoms with van der Waals surface area (Å²) < 4.78 is 17.4. The molecule has 0 radical (unpaired) electrons. The quantitative estimate of drug-likeness (QED) is 0.446. The van der Waals surface area contributed by atoms with Crippen LogP contribution in [-0.2, 0) is 20.0 Å². The van der Waals surface area contributed by atoms with Gasteiger partial charge in [0.1, 0.15) is 23.0 Å². The Hall–Kier alpha value is -4.14. The third-order valence-corrected chi connectivity index (χ3v) is 5.96. The molecule has 6 rings (SSSR count). The molecule has 1 aliphatic rings. The average Bonchev–Trinajstić information content (AvgIpc) is 3.48. The number of aromatic amines is 1. The zero-order valence-electron chi connectivity index (χ0n) is 17.3. The number of carbonyl (C=O) groups is 1. The van der Waals surface area contributed by atoms with E-state index in [1.54, 1.807) is 21.8 Å². The van der Waals surface area contributed by atoms with Crippen molar-refractivity contribution in [2.45, 2.75) is 13.0 Å². The minimum absolute atomic E-state index is 0.225. The maximum Gasteiger partial charge on any atom is 0.323 e. The minimum Gasteiger partial charge on any atom is -0.358 e. The Labute approximate surface area is 182 Å². The van der Waals surface area contributed by atoms with E-state index in [4.69, 9.17) is 4.98 Å². The van der Waals surface area contributed by atoms with E-state index in [-0.39, 0.29) is 11.8 Å². The molecule has 0 bridgehead atoms. The van der Waals surface area contributed by atoms with E-state index >= 15 is 0 Å². The van der Waals surface area contributed by atoms with Crippen LogP contribution >= 0.6 is 0 Å². The Morgan fingerprint density at radius 2 is 2.16 bits per heavy atom. The zero-order chi connectivity index (χ0) is 21.8. The Morgan fingerprint density at radius 1 is 1.25 bits per heavy atom. The number of carbonyl (C=O) groups excluding carboxylic acids is 1. The van der Waals surface area contributed by atoms with Gasteiger partial charge in [-0.1, -0.05) is 6.07 Å². The van der Waals surface area contributed by atoms with E-state index in [1.165, 1.54) is 12.1 Å². The first-order valence-electron chi connectivity index (χ1n) is 10.4. The van der Waals surface area contributed by atoms with E-state index < -0.39 is 0 Å². The molecule has 5 aromatic rings. The number of imidazole rings is 1. The number of amides is 2. The van der Waals surface area contributed by atoms with Crippen molar-refractivity contribution in [3.63, 3.8) is 0 Å². The monoisotopic (exact) mass is 429 g/mol. The summed E-state index contributed by atoms with van der Waals surface area (Å²) in [6.45, 7) is 0.969. The first-order valence-corrected chi connectivity index (χ1v) is 10.4. The van der Waals surface area contributed by atoms with Crippen molar-refractivity contribution < 1.29 is 9.18 Å². The summed E-state index contributed by atoms with van der Waals surface area (Å²) in [5, 5.41) is 8.12. The predicted molar refractivity (Wildman–Crippen MR) is 119 cm³/mol. The van der Waals surface area contributed by atoms with Crippen LogP contribution in [0.1, 0.15) is 11.3 Å². The zero-order valence-corrected chi connectivity index (χ0v) is 17.3. The van der Waals surface area contributed by atoms with Gasteiger partial charge in [-0.2, -0.15) is 5.10 Å². The van der Waals surface area contributed by atoms with Gasteiger partial charge < -0.3 is 9.88 Å². The molecular weight excluding hydrogens is 409 g/mol. The fourth-order valence-corrected chi connectivity index (χ4v) is 4.40. The topological polar surface area (TPSA) is 83.2 Å². The summed E-state index contributed by atoms with van der Waals surface area (Å²) in [6.07, 6.45) is 6.15. The van der Waals surface area contributed by atoms with Crippen molar-refractivity contribution in [2.24, 2.45) is 7.05 Å². The standard InChI is InChI=1S/C23H20FN7O/c1-29-12-14(11-25-29)21-22(31-8-3-2-4-20(31)27-21)28-23(32)30-9-7-19-17(13-30)16-10-15(24)5-6-18(16)26-19/h2-6,8,10-12,26H,7,9,13H2,1H3,(H,28,32). The number of anilines is 1. The number of urea groups is 1. The first-order chi connectivity index (χ1) is 15.6. The number of aryl methyl sites for hydroxylation is 1. The Morgan fingerprint density at radius 3 is 3.00 bits per heavy atom. The van der Waals surface area contributed by atoms with Crippen molar-refractivity contribution in [1.29, 1.82) is 0 Å². The smallest absolute Gasteiger partial charge is 0.323 e. The lowest BCUT2D eigenvalue weighted by Gasteiger charge is -2.27. The largest absolute Gasteiger partial charge is 0.358 e. The Bertz CT molecular complexity index is 1500. The van der Waals surface area contributed by atoms with Crippen LogP contribution in [0.4, 0.5) is 15.0 Å². The van der Waals surface area contributed by atoms with Crippen LogP contribution < -0.4 is 5.32 Å². The van der Waals surface area contributed by atoms with Crippen LogP contribution in [0.3, 0.4) is 0 Å². The van der Waals surface area contributed by atoms with Gasteiger partial charge in [0.15, 0.2) is 0 Å². The molecule has 160 valence electrons. The summed E-state index contributed by atoms with van der Waals surface area (Å²) in [5.41, 5.74) is 5.12. The molecule has 32 heavy (non-hydrogen) atoms. The van der Waals surface area contributed by atoms with Crippen molar-refractivity contribution in [3.8, 4) is 11.3 Å². The Kier molecular flexibility index (Phi) is 4.04. The number of benzene rings is 1. The number of pyridine rings is 1. The molecule has 1 aromatic carbocycles. The van der Waals surface area contributed by atoms with Gasteiger partial charge in [0.25, 0.3) is 0 Å². The van der Waals surface area contributed by atoms with E-state index in [1.807, 2.05) is 42.0 Å². The molecule has 0 unspecified atom stereocenters. The highest BCUT2D eigenvalue weighted by Crippen LogP contribution is 2.31. The lowest BCUT2D eigenvalue weighted by atomic mass is 10.0. The van der Waals surface area contributed by atoms with Gasteiger partial charge in [0.2, 0.25) is 0 Å². The van der Waals surface area contributed by atoms with Crippen molar-refractivity contribution >= 4 is 28.4 Å². The second-order valence-corrected chi connectivity index (χ2v) is 8.01. The number of halogens is 1. The fourth-order valence-electron chi connectivity index (χ4n) is 4.40. The molecule has 0 fully saturated rings. The number of hydrogen-bond acceptors (Lipinski definition) is 3. The molecule has 0 atom stereocenters. The highest BCUT2D eigenvalue weighted by molar-refractivity contribution is 5.94. The fraction of sp³-hybridized carbons (Fsp3) is 0.174. The van der Waals surface area contributed by atoms with Crippen molar-refractivity contribution in [2.75, 3.05) is 11.9 Å². The van der Waals surface area contributed by atoms with Crippen molar-refractivity contribution in [1.82, 2.24) is 29.0 Å². The van der Waals surface area contributed by atoms with Gasteiger partial charge in [-0.25, -0.2) is 14.2 Å². The predicted octanol–water partition coefficient (Wildman–Crippen LogP) is 3.95. The molecule has 1 aliphatic heterocycles. The number of nitrogens with one attached hydrogen (secondary N) is 2. The van der Waals surface area contributed by atoms with Gasteiger partial charge in [0.05, 0.1) is 6.20 Å². The van der Waals surface area contributed by atoms with Gasteiger partial charge in [-0.05, 0) is 30.3 Å². The number of rotatable bonds is 2. The van der Waals surface area contributed by atoms with E-state index in [0.29, 0.717) is 31.0 Å². The highest BCUT2D eigenvalue weighted by atomic mass is 19.1. The molecule has 2 amide bonds. The molecule has 0 saturated carbocycles. The molecule has 0 aliphatic carbocycles. The van der Waals surface area contributed by atoms with E-state index in [0.717, 1.165) is 33.4 Å². The number of H-pyrrole nitrogens is 1. The summed E-state index contributed by atoms with van der Waals surface area (Å²) in [7, 11) is 1.84. The van der Waals surface area contributed by atoms with E-state index in [2.05, 4.69) is 15.4 Å². The Balaban J connectivity index is 1.35. The minimum atomic E-state index is -0.285. The molecule has 0 spiro atoms. The van der Waals surface area contributed by atoms with Crippen LogP contribution in [0.15, 0.2) is 55.0 Å². The summed E-state index contributed by atoms with van der Waals surface area (Å²) in [6, 6.07) is 10.2. The van der Waals surface area contributed by atoms with Crippen LogP contribution in [0.25, 0.3) is 27.8 Å². The molecule has 5 heterocycles. The number of aromatic nitrogens is 5. The number of nitrogens with zero attached hydrogens (tertiary/aromatic N) is 5. The highest BCUT2D eigenvalue weighted by Gasteiger charge is 2.26. The molecular formula is C23H20FN7O. The number of hydrogen-bond donors (Lipinski definition) is 2. The van der Waals surface area contributed by atoms with Gasteiger partial charge in [-0.3, -0.25) is 14.4 Å². The summed E-state index contributed by atoms with van der Waals surface area (Å²) in [4.78, 5) is 23.1. The average molecular weight is 429 g/mol. The SMILES string of the molecule is Cn1cc(-c2nc3ccccn3c2NC(=O)N2CCc3[nH]c4ccc(F)cc4c3C2)cn1. The third-order valence-electron chi connectivity index (χ3n) is 5.96. The molecule has 2 N–H and O–H groups in total. The lowest BCUT2D eigenvalue weighted by Crippen LogP contribution is -2.39. The van der Waals surface area contributed by atoms with Crippen LogP contribution in [0, 0.1) is 5.82 Å². The molecule has 8 nitrogen and oxygen atoms in total. The van der Waals surface area contributed by atoms with Gasteiger partial charge in [0, 0.05) is 66.7 Å². The molecule has 9 heteroatoms. The summed E-state index contributed by atoms with van der Waals surface area (Å²) in [5.74, 6) is 0.307. The van der Waals surface area contributed by atoms with E-state index in [9.17, 15) is 9.18 Å². The van der Waals surface area contributed by atoms with Crippen LogP contribution in [0.5, 0.6) is 0 Å². The lowest BCUT2D eigenvalue weighted by molar-refractivity contribution is 0.206. The third kappa shape index (κ3) is 2.93.